The summed E-state index contributed by atoms with van der Waals surface area (Å²) >= 11 is 0. The van der Waals surface area contributed by atoms with Crippen LogP contribution in [-0.4, -0.2) is 54.9 Å². The van der Waals surface area contributed by atoms with Crippen molar-refractivity contribution < 1.29 is 23.8 Å². The van der Waals surface area contributed by atoms with Crippen LogP contribution in [0.25, 0.3) is 0 Å². The van der Waals surface area contributed by atoms with Crippen LogP contribution in [0.3, 0.4) is 0 Å². The number of aliphatic carboxylic acids is 1. The minimum Gasteiger partial charge on any atom is -0.481 e. The Bertz CT molecular complexity index is 459. The molecule has 7 heteroatoms. The van der Waals surface area contributed by atoms with E-state index in [0.29, 0.717) is 13.0 Å². The van der Waals surface area contributed by atoms with Crippen molar-refractivity contribution in [2.75, 3.05) is 26.8 Å². The second-order valence-corrected chi connectivity index (χ2v) is 4.72. The van der Waals surface area contributed by atoms with E-state index in [1.54, 1.807) is 19.4 Å². The van der Waals surface area contributed by atoms with Crippen molar-refractivity contribution in [3.05, 3.63) is 24.2 Å². The van der Waals surface area contributed by atoms with Gasteiger partial charge in [-0.1, -0.05) is 0 Å². The quantitative estimate of drug-likeness (QED) is 0.823. The lowest BCUT2D eigenvalue weighted by Crippen LogP contribution is -2.48. The van der Waals surface area contributed by atoms with E-state index in [2.05, 4.69) is 5.32 Å². The summed E-state index contributed by atoms with van der Waals surface area (Å²) in [7, 11) is 1.58. The van der Waals surface area contributed by atoms with Crippen molar-refractivity contribution in [2.45, 2.75) is 12.5 Å². The molecule has 0 radical (unpaired) electrons. The minimum atomic E-state index is -0.942. The third-order valence-corrected chi connectivity index (χ3v) is 3.41. The molecule has 2 amide bonds. The molecule has 0 saturated carbocycles. The number of likely N-dealkylation sites (N-methyl/N-ethyl adjacent to an activating group) is 1. The van der Waals surface area contributed by atoms with Crippen LogP contribution in [0.15, 0.2) is 22.8 Å². The topological polar surface area (TPSA) is 92.0 Å². The van der Waals surface area contributed by atoms with Gasteiger partial charge in [-0.05, 0) is 12.1 Å². The fraction of sp³-hybridized carbons (Fsp3) is 0.538. The van der Waals surface area contributed by atoms with Crippen LogP contribution in [0.2, 0.25) is 0 Å². The molecule has 1 aliphatic rings. The van der Waals surface area contributed by atoms with Gasteiger partial charge >= 0.3 is 12.0 Å². The van der Waals surface area contributed by atoms with Crippen LogP contribution in [0.4, 0.5) is 4.79 Å². The number of carbonyl (C=O) groups excluding carboxylic acids is 1. The number of amides is 2. The van der Waals surface area contributed by atoms with Gasteiger partial charge in [0, 0.05) is 20.0 Å². The van der Waals surface area contributed by atoms with E-state index < -0.39 is 17.9 Å². The number of nitrogens with one attached hydrogen (secondary N) is 1. The number of furan rings is 1. The van der Waals surface area contributed by atoms with Crippen molar-refractivity contribution >= 4 is 12.0 Å². The molecule has 2 N–H and O–H groups in total. The van der Waals surface area contributed by atoms with Gasteiger partial charge < -0.3 is 24.5 Å². The summed E-state index contributed by atoms with van der Waals surface area (Å²) in [5, 5.41) is 11.8. The predicted octanol–water partition coefficient (Wildman–Crippen LogP) is 0.563. The number of rotatable bonds is 5. The van der Waals surface area contributed by atoms with Crippen LogP contribution < -0.4 is 5.32 Å². The average molecular weight is 282 g/mol. The molecule has 2 rings (SSSR count). The second-order valence-electron chi connectivity index (χ2n) is 4.72. The molecule has 1 aliphatic heterocycles. The Labute approximate surface area is 116 Å². The highest BCUT2D eigenvalue weighted by molar-refractivity contribution is 5.77. The van der Waals surface area contributed by atoms with Crippen LogP contribution in [0.5, 0.6) is 0 Å². The Kier molecular flexibility index (Phi) is 4.62. The van der Waals surface area contributed by atoms with E-state index in [9.17, 15) is 9.59 Å². The van der Waals surface area contributed by atoms with Crippen molar-refractivity contribution in [1.82, 2.24) is 10.2 Å². The first-order valence-electron chi connectivity index (χ1n) is 6.43. The molecule has 1 aromatic heterocycles. The number of carboxylic acid groups (broad SMARTS) is 1. The second kappa shape index (κ2) is 6.42. The minimum absolute atomic E-state index is 0.143. The van der Waals surface area contributed by atoms with Crippen molar-refractivity contribution in [1.29, 1.82) is 0 Å². The molecule has 0 aliphatic carbocycles. The molecule has 2 heterocycles. The standard InChI is InChI=1S/C13H18N2O5/c1-15(11-8-19-7-10(11)12(16)17)13(18)14-5-4-9-3-2-6-20-9/h2-3,6,10-11H,4-5,7-8H2,1H3,(H,14,18)(H,16,17). The van der Waals surface area contributed by atoms with Gasteiger partial charge in [0.05, 0.1) is 25.5 Å². The van der Waals surface area contributed by atoms with Gasteiger partial charge in [0.25, 0.3) is 0 Å². The maximum atomic E-state index is 12.0. The number of carbonyl (C=O) groups is 2. The molecular weight excluding hydrogens is 264 g/mol. The van der Waals surface area contributed by atoms with Gasteiger partial charge in [-0.2, -0.15) is 0 Å². The number of hydrogen-bond donors (Lipinski definition) is 2. The van der Waals surface area contributed by atoms with E-state index in [4.69, 9.17) is 14.3 Å². The highest BCUT2D eigenvalue weighted by Crippen LogP contribution is 2.18. The first kappa shape index (κ1) is 14.4. The highest BCUT2D eigenvalue weighted by atomic mass is 16.5. The Morgan fingerprint density at radius 1 is 1.50 bits per heavy atom. The maximum Gasteiger partial charge on any atom is 0.317 e. The Morgan fingerprint density at radius 3 is 2.95 bits per heavy atom. The number of ether oxygens (including phenoxy) is 1. The zero-order valence-corrected chi connectivity index (χ0v) is 11.2. The molecule has 0 bridgehead atoms. The Morgan fingerprint density at radius 2 is 2.30 bits per heavy atom. The van der Waals surface area contributed by atoms with E-state index in [1.165, 1.54) is 4.90 Å². The number of carboxylic acids is 1. The van der Waals surface area contributed by atoms with Crippen molar-refractivity contribution in [3.63, 3.8) is 0 Å². The third-order valence-electron chi connectivity index (χ3n) is 3.41. The largest absolute Gasteiger partial charge is 0.481 e. The lowest BCUT2D eigenvalue weighted by Gasteiger charge is -2.26. The van der Waals surface area contributed by atoms with Gasteiger partial charge in [0.15, 0.2) is 0 Å². The zero-order valence-electron chi connectivity index (χ0n) is 11.2. The number of urea groups is 1. The lowest BCUT2D eigenvalue weighted by atomic mass is 10.0. The molecule has 110 valence electrons. The van der Waals surface area contributed by atoms with Gasteiger partial charge in [0.1, 0.15) is 11.7 Å². The van der Waals surface area contributed by atoms with Gasteiger partial charge in [-0.15, -0.1) is 0 Å². The summed E-state index contributed by atoms with van der Waals surface area (Å²) < 4.78 is 10.3. The monoisotopic (exact) mass is 282 g/mol. The fourth-order valence-corrected chi connectivity index (χ4v) is 2.18. The van der Waals surface area contributed by atoms with Crippen LogP contribution in [-0.2, 0) is 16.0 Å². The number of nitrogens with zero attached hydrogens (tertiary/aromatic N) is 1. The summed E-state index contributed by atoms with van der Waals surface area (Å²) in [5.74, 6) is -0.820. The van der Waals surface area contributed by atoms with Crippen LogP contribution in [0, 0.1) is 5.92 Å². The predicted molar refractivity (Wildman–Crippen MR) is 69.3 cm³/mol. The van der Waals surface area contributed by atoms with E-state index in [-0.39, 0.29) is 19.2 Å². The summed E-state index contributed by atoms with van der Waals surface area (Å²) in [6.07, 6.45) is 2.17. The van der Waals surface area contributed by atoms with Gasteiger partial charge in [0.2, 0.25) is 0 Å². The molecule has 1 fully saturated rings. The molecule has 2 unspecified atom stereocenters. The molecule has 1 aromatic rings. The molecular formula is C13H18N2O5. The lowest BCUT2D eigenvalue weighted by molar-refractivity contribution is -0.142. The SMILES string of the molecule is CN(C(=O)NCCc1ccco1)C1COCC1C(=O)O. The molecule has 0 aromatic carbocycles. The van der Waals surface area contributed by atoms with Gasteiger partial charge in [-0.3, -0.25) is 4.79 Å². The molecule has 2 atom stereocenters. The Hall–Kier alpha value is -2.02. The van der Waals surface area contributed by atoms with E-state index in [1.807, 2.05) is 6.07 Å². The summed E-state index contributed by atoms with van der Waals surface area (Å²) in [5.41, 5.74) is 0. The van der Waals surface area contributed by atoms with Crippen molar-refractivity contribution in [2.24, 2.45) is 5.92 Å². The van der Waals surface area contributed by atoms with Gasteiger partial charge in [-0.25, -0.2) is 4.79 Å². The zero-order chi connectivity index (χ0) is 14.5. The highest BCUT2D eigenvalue weighted by Gasteiger charge is 2.38. The molecule has 20 heavy (non-hydrogen) atoms. The molecule has 7 nitrogen and oxygen atoms in total. The summed E-state index contributed by atoms with van der Waals surface area (Å²) in [6, 6.07) is 2.88. The summed E-state index contributed by atoms with van der Waals surface area (Å²) in [4.78, 5) is 24.4. The first-order chi connectivity index (χ1) is 9.59. The fourth-order valence-electron chi connectivity index (χ4n) is 2.18. The smallest absolute Gasteiger partial charge is 0.317 e. The van der Waals surface area contributed by atoms with Crippen LogP contribution in [0.1, 0.15) is 5.76 Å². The van der Waals surface area contributed by atoms with Crippen LogP contribution >= 0.6 is 0 Å². The maximum absolute atomic E-state index is 12.0. The average Bonchev–Trinajstić information content (AvgIpc) is 3.08. The van der Waals surface area contributed by atoms with Crippen molar-refractivity contribution in [3.8, 4) is 0 Å². The first-order valence-corrected chi connectivity index (χ1v) is 6.43. The summed E-state index contributed by atoms with van der Waals surface area (Å²) in [6.45, 7) is 0.824. The molecule has 1 saturated heterocycles. The molecule has 0 spiro atoms. The van der Waals surface area contributed by atoms with E-state index in [0.717, 1.165) is 5.76 Å². The normalized spacial score (nSPS) is 21.6. The van der Waals surface area contributed by atoms with E-state index >= 15 is 0 Å². The number of hydrogen-bond acceptors (Lipinski definition) is 4. The third kappa shape index (κ3) is 3.30. The Balaban J connectivity index is 1.80.